The molecule has 7 nitrogen and oxygen atoms in total. The Balaban J connectivity index is 2.08. The van der Waals surface area contributed by atoms with E-state index < -0.39 is 38.4 Å². The maximum absolute atomic E-state index is 14.5. The van der Waals surface area contributed by atoms with E-state index in [1.165, 1.54) is 67.1 Å². The molecule has 34 heavy (non-hydrogen) atoms. The quantitative estimate of drug-likeness (QED) is 0.434. The van der Waals surface area contributed by atoms with E-state index in [9.17, 15) is 26.8 Å². The fraction of sp³-hybridized carbons (Fsp3) is 0.167. The number of nitrogens with zero attached hydrogens (tertiary/aromatic N) is 1. The predicted octanol–water partition coefficient (Wildman–Crippen LogP) is 3.79. The molecule has 0 bridgehead atoms. The molecule has 0 saturated carbocycles. The Bertz CT molecular complexity index is 1570. The number of carbonyl (C=O) groups excluding carboxylic acids is 1. The summed E-state index contributed by atoms with van der Waals surface area (Å²) in [5.41, 5.74) is -0.128. The first-order chi connectivity index (χ1) is 16.1. The van der Waals surface area contributed by atoms with E-state index in [0.29, 0.717) is 5.52 Å². The average Bonchev–Trinajstić information content (AvgIpc) is 3.08. The van der Waals surface area contributed by atoms with Crippen LogP contribution in [-0.2, 0) is 16.6 Å². The highest BCUT2D eigenvalue weighted by molar-refractivity contribution is 7.90. The van der Waals surface area contributed by atoms with Crippen molar-refractivity contribution in [2.75, 3.05) is 0 Å². The van der Waals surface area contributed by atoms with E-state index in [1.807, 2.05) is 4.72 Å². The van der Waals surface area contributed by atoms with Crippen LogP contribution in [0, 0.1) is 11.6 Å². The first kappa shape index (κ1) is 23.4. The number of H-pyrrole nitrogens is 1. The molecule has 0 aliphatic rings. The van der Waals surface area contributed by atoms with E-state index in [4.69, 9.17) is 0 Å². The maximum atomic E-state index is 14.5. The van der Waals surface area contributed by atoms with Crippen LogP contribution in [0.1, 0.15) is 29.9 Å². The maximum Gasteiger partial charge on any atom is 0.282 e. The number of amides is 1. The Kier molecular flexibility index (Phi) is 6.09. The van der Waals surface area contributed by atoms with Crippen LogP contribution in [0.25, 0.3) is 22.0 Å². The molecule has 0 saturated heterocycles. The van der Waals surface area contributed by atoms with Crippen molar-refractivity contribution in [2.24, 2.45) is 0 Å². The SMILES string of the molecule is CC(C)S(=O)(=O)NC(=O)c1c(-c2ccc[nH]c2=O)c2cc(F)ccc2n1Cc1ccccc1F. The summed E-state index contributed by atoms with van der Waals surface area (Å²) < 4.78 is 57.2. The van der Waals surface area contributed by atoms with Crippen molar-refractivity contribution in [1.29, 1.82) is 0 Å². The molecular weight excluding hydrogens is 464 g/mol. The predicted molar refractivity (Wildman–Crippen MR) is 125 cm³/mol. The number of benzene rings is 2. The highest BCUT2D eigenvalue weighted by Gasteiger charge is 2.29. The highest BCUT2D eigenvalue weighted by atomic mass is 32.2. The van der Waals surface area contributed by atoms with Gasteiger partial charge in [-0.1, -0.05) is 18.2 Å². The molecule has 0 aliphatic carbocycles. The van der Waals surface area contributed by atoms with Gasteiger partial charge in [-0.15, -0.1) is 0 Å². The molecular formula is C24H21F2N3O4S. The summed E-state index contributed by atoms with van der Waals surface area (Å²) >= 11 is 0. The lowest BCUT2D eigenvalue weighted by Gasteiger charge is -2.14. The zero-order valence-corrected chi connectivity index (χ0v) is 19.1. The second kappa shape index (κ2) is 8.86. The Morgan fingerprint density at radius 3 is 2.50 bits per heavy atom. The number of rotatable bonds is 6. The van der Waals surface area contributed by atoms with Crippen molar-refractivity contribution in [3.8, 4) is 11.1 Å². The van der Waals surface area contributed by atoms with Crippen molar-refractivity contribution in [3.05, 3.63) is 94.0 Å². The molecule has 0 unspecified atom stereocenters. The van der Waals surface area contributed by atoms with Crippen LogP contribution in [0.5, 0.6) is 0 Å². The summed E-state index contributed by atoms with van der Waals surface area (Å²) in [6, 6.07) is 12.6. The number of hydrogen-bond donors (Lipinski definition) is 2. The molecule has 0 spiro atoms. The van der Waals surface area contributed by atoms with Gasteiger partial charge in [0.2, 0.25) is 10.0 Å². The standard InChI is InChI=1S/C24H21F2N3O4S/c1-14(2)34(32,33)28-24(31)22-21(17-7-5-11-27-23(17)30)18-12-16(25)9-10-20(18)29(22)13-15-6-3-4-8-19(15)26/h3-12,14H,13H2,1-2H3,(H,27,30)(H,28,31). The molecule has 4 aromatic rings. The molecule has 2 aromatic carbocycles. The Hall–Kier alpha value is -3.79. The summed E-state index contributed by atoms with van der Waals surface area (Å²) in [4.78, 5) is 28.6. The van der Waals surface area contributed by atoms with E-state index in [1.54, 1.807) is 6.07 Å². The summed E-state index contributed by atoms with van der Waals surface area (Å²) in [5.74, 6) is -2.17. The largest absolute Gasteiger partial charge is 0.331 e. The highest BCUT2D eigenvalue weighted by Crippen LogP contribution is 2.35. The second-order valence-electron chi connectivity index (χ2n) is 8.00. The minimum atomic E-state index is -4.04. The van der Waals surface area contributed by atoms with Crippen LogP contribution in [0.2, 0.25) is 0 Å². The van der Waals surface area contributed by atoms with Crippen molar-refractivity contribution in [2.45, 2.75) is 25.6 Å². The van der Waals surface area contributed by atoms with E-state index in [-0.39, 0.29) is 34.3 Å². The van der Waals surface area contributed by atoms with Gasteiger partial charge in [-0.25, -0.2) is 21.9 Å². The number of sulfonamides is 1. The van der Waals surface area contributed by atoms with Gasteiger partial charge in [-0.2, -0.15) is 0 Å². The molecule has 4 rings (SSSR count). The number of aromatic nitrogens is 2. The van der Waals surface area contributed by atoms with Gasteiger partial charge in [0.1, 0.15) is 17.3 Å². The molecule has 0 atom stereocenters. The van der Waals surface area contributed by atoms with Crippen LogP contribution in [-0.4, -0.2) is 29.1 Å². The molecule has 10 heteroatoms. The molecule has 176 valence electrons. The van der Waals surface area contributed by atoms with Crippen LogP contribution >= 0.6 is 0 Å². The first-order valence-electron chi connectivity index (χ1n) is 10.4. The van der Waals surface area contributed by atoms with Crippen LogP contribution in [0.4, 0.5) is 8.78 Å². The Labute approximate surface area is 194 Å². The second-order valence-corrected chi connectivity index (χ2v) is 10.2. The number of carbonyl (C=O) groups is 1. The van der Waals surface area contributed by atoms with Gasteiger partial charge in [0.05, 0.1) is 11.8 Å². The van der Waals surface area contributed by atoms with Gasteiger partial charge in [-0.05, 0) is 50.2 Å². The Morgan fingerprint density at radius 2 is 1.82 bits per heavy atom. The van der Waals surface area contributed by atoms with Gasteiger partial charge in [0.25, 0.3) is 11.5 Å². The number of fused-ring (bicyclic) bond motifs is 1. The molecule has 0 radical (unpaired) electrons. The number of pyridine rings is 1. The summed E-state index contributed by atoms with van der Waals surface area (Å²) in [7, 11) is -4.04. The number of hydrogen-bond acceptors (Lipinski definition) is 4. The Morgan fingerprint density at radius 1 is 1.09 bits per heavy atom. The molecule has 1 amide bonds. The molecule has 2 aromatic heterocycles. The van der Waals surface area contributed by atoms with Crippen molar-refractivity contribution >= 4 is 26.8 Å². The van der Waals surface area contributed by atoms with Crippen molar-refractivity contribution < 1.29 is 22.0 Å². The molecule has 2 N–H and O–H groups in total. The minimum absolute atomic E-state index is 0.0393. The molecule has 0 fully saturated rings. The lowest BCUT2D eigenvalue weighted by molar-refractivity contribution is 0.0973. The van der Waals surface area contributed by atoms with Gasteiger partial charge in [-0.3, -0.25) is 9.59 Å². The van der Waals surface area contributed by atoms with Crippen LogP contribution in [0.3, 0.4) is 0 Å². The average molecular weight is 486 g/mol. The first-order valence-corrected chi connectivity index (χ1v) is 11.9. The van der Waals surface area contributed by atoms with E-state index in [0.717, 1.165) is 6.07 Å². The van der Waals surface area contributed by atoms with Crippen molar-refractivity contribution in [1.82, 2.24) is 14.3 Å². The van der Waals surface area contributed by atoms with Gasteiger partial charge < -0.3 is 9.55 Å². The lowest BCUT2D eigenvalue weighted by Crippen LogP contribution is -2.37. The monoisotopic (exact) mass is 485 g/mol. The summed E-state index contributed by atoms with van der Waals surface area (Å²) in [5, 5.41) is -0.706. The van der Waals surface area contributed by atoms with E-state index >= 15 is 0 Å². The zero-order chi connectivity index (χ0) is 24.6. The van der Waals surface area contributed by atoms with Gasteiger partial charge in [0.15, 0.2) is 0 Å². The fourth-order valence-electron chi connectivity index (χ4n) is 3.71. The number of aromatic amines is 1. The summed E-state index contributed by atoms with van der Waals surface area (Å²) in [6.45, 7) is 2.65. The van der Waals surface area contributed by atoms with Crippen molar-refractivity contribution in [3.63, 3.8) is 0 Å². The lowest BCUT2D eigenvalue weighted by atomic mass is 10.0. The smallest absolute Gasteiger partial charge is 0.282 e. The molecule has 2 heterocycles. The third kappa shape index (κ3) is 4.24. The van der Waals surface area contributed by atoms with Gasteiger partial charge >= 0.3 is 0 Å². The summed E-state index contributed by atoms with van der Waals surface area (Å²) in [6.07, 6.45) is 1.40. The minimum Gasteiger partial charge on any atom is -0.331 e. The third-order valence-electron chi connectivity index (χ3n) is 5.47. The van der Waals surface area contributed by atoms with E-state index in [2.05, 4.69) is 4.98 Å². The number of halogens is 2. The number of nitrogens with one attached hydrogen (secondary N) is 2. The normalized spacial score (nSPS) is 11.8. The topological polar surface area (TPSA) is 101 Å². The van der Waals surface area contributed by atoms with Crippen LogP contribution in [0.15, 0.2) is 65.6 Å². The zero-order valence-electron chi connectivity index (χ0n) is 18.3. The fourth-order valence-corrected chi connectivity index (χ4v) is 4.30. The van der Waals surface area contributed by atoms with Gasteiger partial charge in [0, 0.05) is 33.8 Å². The van der Waals surface area contributed by atoms with Crippen LogP contribution < -0.4 is 10.3 Å². The third-order valence-corrected chi connectivity index (χ3v) is 7.18. The molecule has 0 aliphatic heterocycles.